The van der Waals surface area contributed by atoms with Gasteiger partial charge in [0.15, 0.2) is 0 Å². The van der Waals surface area contributed by atoms with E-state index in [0.717, 1.165) is 38.3 Å². The highest BCUT2D eigenvalue weighted by Crippen LogP contribution is 2.18. The first-order valence-corrected chi connectivity index (χ1v) is 7.06. The molecule has 1 aromatic rings. The van der Waals surface area contributed by atoms with Crippen LogP contribution in [0.2, 0.25) is 0 Å². The Morgan fingerprint density at radius 2 is 1.90 bits per heavy atom. The number of piperazine rings is 1. The Morgan fingerprint density at radius 1 is 1.25 bits per heavy atom. The molecule has 2 rings (SSSR count). The third-order valence-electron chi connectivity index (χ3n) is 4.14. The molecule has 1 fully saturated rings. The van der Waals surface area contributed by atoms with Gasteiger partial charge in [-0.3, -0.25) is 9.80 Å². The van der Waals surface area contributed by atoms with Crippen molar-refractivity contribution in [2.24, 2.45) is 0 Å². The summed E-state index contributed by atoms with van der Waals surface area (Å²) in [6.07, 6.45) is 0. The number of aryl methyl sites for hydroxylation is 1. The lowest BCUT2D eigenvalue weighted by Gasteiger charge is -2.40. The Balaban J connectivity index is 1.93. The third-order valence-corrected chi connectivity index (χ3v) is 4.14. The second kappa shape index (κ2) is 5.90. The van der Waals surface area contributed by atoms with E-state index in [0.29, 0.717) is 0 Å². The molecule has 0 spiro atoms. The standard InChI is InChI=1S/C16H22FN3/c1-13-10-15(17)5-4-14(13)11-19-6-8-20(9-7-19)16(2,3)12-18/h4-5,10H,6-9,11H2,1-3H3. The summed E-state index contributed by atoms with van der Waals surface area (Å²) in [4.78, 5) is 4.59. The van der Waals surface area contributed by atoms with Gasteiger partial charge in [-0.05, 0) is 44.0 Å². The van der Waals surface area contributed by atoms with Crippen LogP contribution >= 0.6 is 0 Å². The van der Waals surface area contributed by atoms with Gasteiger partial charge in [-0.25, -0.2) is 4.39 Å². The van der Waals surface area contributed by atoms with Crippen LogP contribution in [0.25, 0.3) is 0 Å². The maximum Gasteiger partial charge on any atom is 0.123 e. The van der Waals surface area contributed by atoms with Gasteiger partial charge in [0.25, 0.3) is 0 Å². The summed E-state index contributed by atoms with van der Waals surface area (Å²) in [5.74, 6) is -0.174. The molecule has 1 saturated heterocycles. The fraction of sp³-hybridized carbons (Fsp3) is 0.562. The summed E-state index contributed by atoms with van der Waals surface area (Å²) in [7, 11) is 0. The van der Waals surface area contributed by atoms with Crippen molar-refractivity contribution in [1.29, 1.82) is 5.26 Å². The highest BCUT2D eigenvalue weighted by Gasteiger charge is 2.29. The molecule has 1 aliphatic heterocycles. The molecule has 20 heavy (non-hydrogen) atoms. The van der Waals surface area contributed by atoms with Gasteiger partial charge in [-0.1, -0.05) is 6.07 Å². The molecule has 3 nitrogen and oxygen atoms in total. The largest absolute Gasteiger partial charge is 0.297 e. The molecule has 0 aromatic heterocycles. The van der Waals surface area contributed by atoms with Crippen molar-refractivity contribution >= 4 is 0 Å². The molecule has 0 saturated carbocycles. The minimum Gasteiger partial charge on any atom is -0.297 e. The average molecular weight is 275 g/mol. The molecule has 0 amide bonds. The molecule has 0 unspecified atom stereocenters. The van der Waals surface area contributed by atoms with Gasteiger partial charge in [0, 0.05) is 32.7 Å². The number of benzene rings is 1. The predicted molar refractivity (Wildman–Crippen MR) is 77.7 cm³/mol. The van der Waals surface area contributed by atoms with Crippen molar-refractivity contribution < 1.29 is 4.39 Å². The summed E-state index contributed by atoms with van der Waals surface area (Å²) in [5, 5.41) is 9.17. The van der Waals surface area contributed by atoms with E-state index < -0.39 is 5.54 Å². The zero-order chi connectivity index (χ0) is 14.8. The van der Waals surface area contributed by atoms with Crippen LogP contribution in [0.3, 0.4) is 0 Å². The quantitative estimate of drug-likeness (QED) is 0.849. The monoisotopic (exact) mass is 275 g/mol. The van der Waals surface area contributed by atoms with Crippen LogP contribution in [0.15, 0.2) is 18.2 Å². The molecule has 0 N–H and O–H groups in total. The molecular formula is C16H22FN3. The Labute approximate surface area is 120 Å². The first-order valence-electron chi connectivity index (χ1n) is 7.06. The smallest absolute Gasteiger partial charge is 0.123 e. The SMILES string of the molecule is Cc1cc(F)ccc1CN1CCN(C(C)(C)C#N)CC1. The van der Waals surface area contributed by atoms with Gasteiger partial charge >= 0.3 is 0 Å². The van der Waals surface area contributed by atoms with E-state index in [2.05, 4.69) is 15.9 Å². The van der Waals surface area contributed by atoms with Gasteiger partial charge in [-0.15, -0.1) is 0 Å². The van der Waals surface area contributed by atoms with Gasteiger partial charge in [-0.2, -0.15) is 5.26 Å². The molecule has 0 bridgehead atoms. The highest BCUT2D eigenvalue weighted by atomic mass is 19.1. The zero-order valence-electron chi connectivity index (χ0n) is 12.5. The second-order valence-corrected chi connectivity index (χ2v) is 6.00. The Morgan fingerprint density at radius 3 is 2.45 bits per heavy atom. The van der Waals surface area contributed by atoms with E-state index in [9.17, 15) is 4.39 Å². The molecular weight excluding hydrogens is 253 g/mol. The molecule has 1 heterocycles. The van der Waals surface area contributed by atoms with Gasteiger partial charge in [0.2, 0.25) is 0 Å². The average Bonchev–Trinajstić information content (AvgIpc) is 2.42. The van der Waals surface area contributed by atoms with E-state index in [-0.39, 0.29) is 5.82 Å². The van der Waals surface area contributed by atoms with Crippen LogP contribution < -0.4 is 0 Å². The highest BCUT2D eigenvalue weighted by molar-refractivity contribution is 5.26. The number of rotatable bonds is 3. The number of hydrogen-bond acceptors (Lipinski definition) is 3. The number of nitrogens with zero attached hydrogens (tertiary/aromatic N) is 3. The summed E-state index contributed by atoms with van der Waals surface area (Å²) in [6.45, 7) is 10.4. The summed E-state index contributed by atoms with van der Waals surface area (Å²) < 4.78 is 13.1. The Kier molecular flexibility index (Phi) is 4.42. The third kappa shape index (κ3) is 3.36. The van der Waals surface area contributed by atoms with E-state index in [1.807, 2.05) is 26.8 Å². The fourth-order valence-corrected chi connectivity index (χ4v) is 2.61. The van der Waals surface area contributed by atoms with E-state index in [4.69, 9.17) is 5.26 Å². The molecule has 0 aliphatic carbocycles. The minimum atomic E-state index is -0.391. The van der Waals surface area contributed by atoms with Gasteiger partial charge in [0.1, 0.15) is 11.4 Å². The lowest BCUT2D eigenvalue weighted by atomic mass is 10.0. The van der Waals surface area contributed by atoms with Gasteiger partial charge < -0.3 is 0 Å². The van der Waals surface area contributed by atoms with Crippen LogP contribution in [0.4, 0.5) is 4.39 Å². The fourth-order valence-electron chi connectivity index (χ4n) is 2.61. The summed E-state index contributed by atoms with van der Waals surface area (Å²) in [5.41, 5.74) is 1.79. The van der Waals surface area contributed by atoms with Crippen molar-refractivity contribution in [2.75, 3.05) is 26.2 Å². The molecule has 108 valence electrons. The van der Waals surface area contributed by atoms with Gasteiger partial charge in [0.05, 0.1) is 6.07 Å². The topological polar surface area (TPSA) is 30.3 Å². The molecule has 4 heteroatoms. The lowest BCUT2D eigenvalue weighted by Crippen LogP contribution is -2.53. The second-order valence-electron chi connectivity index (χ2n) is 6.00. The number of halogens is 1. The normalized spacial score (nSPS) is 17.9. The molecule has 1 aliphatic rings. The van der Waals surface area contributed by atoms with Crippen LogP contribution in [0, 0.1) is 24.1 Å². The predicted octanol–water partition coefficient (Wildman–Crippen LogP) is 2.55. The first-order chi connectivity index (χ1) is 9.42. The van der Waals surface area contributed by atoms with Crippen molar-refractivity contribution in [3.8, 4) is 6.07 Å². The minimum absolute atomic E-state index is 0.174. The molecule has 0 radical (unpaired) electrons. The van der Waals surface area contributed by atoms with Crippen LogP contribution in [0.5, 0.6) is 0 Å². The Hall–Kier alpha value is -1.44. The van der Waals surface area contributed by atoms with E-state index in [1.54, 1.807) is 6.07 Å². The van der Waals surface area contributed by atoms with Crippen molar-refractivity contribution in [1.82, 2.24) is 9.80 Å². The first kappa shape index (κ1) is 15.0. The Bertz CT molecular complexity index is 511. The molecule has 0 atom stereocenters. The van der Waals surface area contributed by atoms with Crippen molar-refractivity contribution in [2.45, 2.75) is 32.9 Å². The zero-order valence-corrected chi connectivity index (χ0v) is 12.5. The van der Waals surface area contributed by atoms with Crippen LogP contribution in [0.1, 0.15) is 25.0 Å². The molecule has 1 aromatic carbocycles. The maximum absolute atomic E-state index is 13.1. The van der Waals surface area contributed by atoms with Crippen LogP contribution in [-0.4, -0.2) is 41.5 Å². The van der Waals surface area contributed by atoms with E-state index >= 15 is 0 Å². The summed E-state index contributed by atoms with van der Waals surface area (Å²) in [6, 6.07) is 7.34. The van der Waals surface area contributed by atoms with E-state index in [1.165, 1.54) is 11.6 Å². The summed E-state index contributed by atoms with van der Waals surface area (Å²) >= 11 is 0. The number of hydrogen-bond donors (Lipinski definition) is 0. The number of nitriles is 1. The van der Waals surface area contributed by atoms with Crippen molar-refractivity contribution in [3.63, 3.8) is 0 Å². The maximum atomic E-state index is 13.1. The lowest BCUT2D eigenvalue weighted by molar-refractivity contribution is 0.0763. The van der Waals surface area contributed by atoms with Crippen LogP contribution in [-0.2, 0) is 6.54 Å². The van der Waals surface area contributed by atoms with Crippen molar-refractivity contribution in [3.05, 3.63) is 35.1 Å².